The largest absolute Gasteiger partial charge is 0.357 e. The average molecular weight is 352 g/mol. The number of rotatable bonds is 4. The molecule has 0 aliphatic heterocycles. The van der Waals surface area contributed by atoms with E-state index in [0.717, 1.165) is 16.7 Å². The summed E-state index contributed by atoms with van der Waals surface area (Å²) in [7, 11) is 1.92. The molecule has 0 saturated carbocycles. The number of hydrogen-bond acceptors (Lipinski definition) is 5. The van der Waals surface area contributed by atoms with Crippen molar-refractivity contribution in [2.75, 3.05) is 7.05 Å². The van der Waals surface area contributed by atoms with E-state index in [9.17, 15) is 9.59 Å². The van der Waals surface area contributed by atoms with Crippen LogP contribution in [-0.2, 0) is 13.1 Å². The first-order valence-electron chi connectivity index (χ1n) is 7.86. The summed E-state index contributed by atoms with van der Waals surface area (Å²) in [6, 6.07) is 10.9. The fraction of sp³-hybridized carbons (Fsp3) is 0.167. The summed E-state index contributed by atoms with van der Waals surface area (Å²) in [6.07, 6.45) is 0. The van der Waals surface area contributed by atoms with E-state index in [1.165, 1.54) is 11.3 Å². The molecular formula is C18H16N4O2S. The van der Waals surface area contributed by atoms with Crippen molar-refractivity contribution in [1.82, 2.24) is 19.9 Å². The molecular weight excluding hydrogens is 336 g/mol. The van der Waals surface area contributed by atoms with Crippen LogP contribution in [-0.4, -0.2) is 26.9 Å². The van der Waals surface area contributed by atoms with E-state index >= 15 is 0 Å². The van der Waals surface area contributed by atoms with Gasteiger partial charge in [-0.2, -0.15) is 0 Å². The van der Waals surface area contributed by atoms with Gasteiger partial charge in [-0.05, 0) is 30.6 Å². The Hall–Kier alpha value is -2.77. The standard InChI is InChI=1S/C18H16N4O2S/c1-22(10-16-20-14-6-7-25-17(14)18(24)21-16)9-11-8-15(23)12-4-2-3-5-13(12)19-11/h2-8H,9-10H2,1H3,(H,19,23)(H,20,21,24). The lowest BCUT2D eigenvalue weighted by molar-refractivity contribution is 0.307. The molecule has 4 aromatic rings. The monoisotopic (exact) mass is 352 g/mol. The summed E-state index contributed by atoms with van der Waals surface area (Å²) in [5.41, 5.74) is 2.26. The third kappa shape index (κ3) is 3.11. The van der Waals surface area contributed by atoms with Crippen molar-refractivity contribution in [3.63, 3.8) is 0 Å². The Labute approximate surface area is 146 Å². The van der Waals surface area contributed by atoms with Gasteiger partial charge in [0.1, 0.15) is 10.5 Å². The zero-order chi connectivity index (χ0) is 17.4. The number of H-pyrrole nitrogens is 2. The molecule has 0 amide bonds. The highest BCUT2D eigenvalue weighted by Crippen LogP contribution is 2.14. The molecule has 0 spiro atoms. The molecule has 2 N–H and O–H groups in total. The minimum absolute atomic E-state index is 0.00368. The molecule has 3 heterocycles. The van der Waals surface area contributed by atoms with Gasteiger partial charge in [-0.1, -0.05) is 12.1 Å². The van der Waals surface area contributed by atoms with Crippen LogP contribution >= 0.6 is 11.3 Å². The third-order valence-electron chi connectivity index (χ3n) is 4.02. The molecule has 25 heavy (non-hydrogen) atoms. The number of benzene rings is 1. The van der Waals surface area contributed by atoms with Crippen molar-refractivity contribution in [3.05, 3.63) is 73.9 Å². The Balaban J connectivity index is 1.58. The number of nitrogens with zero attached hydrogens (tertiary/aromatic N) is 2. The Morgan fingerprint density at radius 2 is 1.96 bits per heavy atom. The van der Waals surface area contributed by atoms with Gasteiger partial charge in [0.25, 0.3) is 5.56 Å². The maximum Gasteiger partial charge on any atom is 0.268 e. The smallest absolute Gasteiger partial charge is 0.268 e. The van der Waals surface area contributed by atoms with Gasteiger partial charge in [-0.3, -0.25) is 14.5 Å². The van der Waals surface area contributed by atoms with Gasteiger partial charge in [-0.15, -0.1) is 11.3 Å². The number of pyridine rings is 1. The van der Waals surface area contributed by atoms with Crippen molar-refractivity contribution in [1.29, 1.82) is 0 Å². The van der Waals surface area contributed by atoms with Gasteiger partial charge in [0, 0.05) is 29.2 Å². The molecule has 0 radical (unpaired) electrons. The van der Waals surface area contributed by atoms with Crippen LogP contribution in [0.1, 0.15) is 11.5 Å². The Morgan fingerprint density at radius 3 is 2.84 bits per heavy atom. The molecule has 4 rings (SSSR count). The van der Waals surface area contributed by atoms with Gasteiger partial charge in [-0.25, -0.2) is 4.98 Å². The molecule has 0 aliphatic rings. The normalized spacial score (nSPS) is 11.6. The van der Waals surface area contributed by atoms with Crippen molar-refractivity contribution in [2.24, 2.45) is 0 Å². The highest BCUT2D eigenvalue weighted by molar-refractivity contribution is 7.17. The first kappa shape index (κ1) is 15.7. The summed E-state index contributed by atoms with van der Waals surface area (Å²) < 4.78 is 0.644. The van der Waals surface area contributed by atoms with E-state index in [1.54, 1.807) is 6.07 Å². The van der Waals surface area contributed by atoms with Crippen LogP contribution in [0.25, 0.3) is 21.1 Å². The number of hydrogen-bond donors (Lipinski definition) is 2. The maximum atomic E-state index is 12.2. The second-order valence-corrected chi connectivity index (χ2v) is 6.94. The molecule has 0 bridgehead atoms. The van der Waals surface area contributed by atoms with Crippen molar-refractivity contribution < 1.29 is 0 Å². The summed E-state index contributed by atoms with van der Waals surface area (Å²) in [4.78, 5) is 36.8. The second kappa shape index (κ2) is 6.27. The number of aromatic nitrogens is 3. The van der Waals surface area contributed by atoms with Crippen molar-refractivity contribution >= 4 is 32.5 Å². The molecule has 0 aliphatic carbocycles. The summed E-state index contributed by atoms with van der Waals surface area (Å²) in [5, 5.41) is 2.54. The highest BCUT2D eigenvalue weighted by atomic mass is 32.1. The molecule has 0 atom stereocenters. The Kier molecular flexibility index (Phi) is 3.95. The van der Waals surface area contributed by atoms with E-state index in [1.807, 2.05) is 47.7 Å². The molecule has 6 nitrogen and oxygen atoms in total. The zero-order valence-electron chi connectivity index (χ0n) is 13.6. The Morgan fingerprint density at radius 1 is 1.12 bits per heavy atom. The summed E-state index contributed by atoms with van der Waals surface area (Å²) in [6.45, 7) is 1.03. The molecule has 0 unspecified atom stereocenters. The van der Waals surface area contributed by atoms with Gasteiger partial charge in [0.2, 0.25) is 0 Å². The number of thiophene rings is 1. The van der Waals surface area contributed by atoms with E-state index in [-0.39, 0.29) is 11.0 Å². The van der Waals surface area contributed by atoms with Crippen LogP contribution in [0.5, 0.6) is 0 Å². The lowest BCUT2D eigenvalue weighted by Crippen LogP contribution is -2.22. The van der Waals surface area contributed by atoms with E-state index in [4.69, 9.17) is 0 Å². The van der Waals surface area contributed by atoms with E-state index in [2.05, 4.69) is 15.0 Å². The minimum Gasteiger partial charge on any atom is -0.357 e. The molecule has 126 valence electrons. The maximum absolute atomic E-state index is 12.2. The average Bonchev–Trinajstić information content (AvgIpc) is 3.04. The number of para-hydroxylation sites is 1. The third-order valence-corrected chi connectivity index (χ3v) is 4.92. The van der Waals surface area contributed by atoms with Gasteiger partial charge >= 0.3 is 0 Å². The summed E-state index contributed by atoms with van der Waals surface area (Å²) in [5.74, 6) is 0.613. The van der Waals surface area contributed by atoms with Crippen LogP contribution in [0.15, 0.2) is 51.4 Å². The van der Waals surface area contributed by atoms with E-state index < -0.39 is 0 Å². The lowest BCUT2D eigenvalue weighted by Gasteiger charge is -2.16. The predicted molar refractivity (Wildman–Crippen MR) is 100.0 cm³/mol. The summed E-state index contributed by atoms with van der Waals surface area (Å²) >= 11 is 1.39. The minimum atomic E-state index is -0.109. The van der Waals surface area contributed by atoms with Gasteiger partial charge < -0.3 is 9.97 Å². The number of nitrogens with one attached hydrogen (secondary N) is 2. The first-order valence-corrected chi connectivity index (χ1v) is 8.74. The molecule has 0 saturated heterocycles. The number of fused-ring (bicyclic) bond motifs is 2. The lowest BCUT2D eigenvalue weighted by atomic mass is 10.2. The van der Waals surface area contributed by atoms with Gasteiger partial charge in [0.15, 0.2) is 5.43 Å². The first-order chi connectivity index (χ1) is 12.1. The highest BCUT2D eigenvalue weighted by Gasteiger charge is 2.09. The van der Waals surface area contributed by atoms with Crippen LogP contribution in [0.4, 0.5) is 0 Å². The Bertz CT molecular complexity index is 1170. The molecule has 1 aromatic carbocycles. The molecule has 0 fully saturated rings. The molecule has 3 aromatic heterocycles. The fourth-order valence-corrected chi connectivity index (χ4v) is 3.66. The zero-order valence-corrected chi connectivity index (χ0v) is 14.4. The second-order valence-electron chi connectivity index (χ2n) is 6.02. The van der Waals surface area contributed by atoms with Crippen LogP contribution in [0.2, 0.25) is 0 Å². The predicted octanol–water partition coefficient (Wildman–Crippen LogP) is 2.46. The van der Waals surface area contributed by atoms with E-state index in [0.29, 0.717) is 29.0 Å². The van der Waals surface area contributed by atoms with Crippen LogP contribution < -0.4 is 11.0 Å². The van der Waals surface area contributed by atoms with Crippen LogP contribution in [0.3, 0.4) is 0 Å². The SMILES string of the molecule is CN(Cc1cc(=O)c2ccccc2[nH]1)Cc1nc2ccsc2c(=O)[nH]1. The fourth-order valence-electron chi connectivity index (χ4n) is 2.94. The topological polar surface area (TPSA) is 81.8 Å². The van der Waals surface area contributed by atoms with Crippen LogP contribution in [0, 0.1) is 0 Å². The van der Waals surface area contributed by atoms with Crippen molar-refractivity contribution in [3.8, 4) is 0 Å². The molecule has 7 heteroatoms. The number of aromatic amines is 2. The van der Waals surface area contributed by atoms with Crippen molar-refractivity contribution in [2.45, 2.75) is 13.1 Å². The quantitative estimate of drug-likeness (QED) is 0.591. The van der Waals surface area contributed by atoms with Gasteiger partial charge in [0.05, 0.1) is 12.1 Å².